The summed E-state index contributed by atoms with van der Waals surface area (Å²) in [6, 6.07) is 5.78. The molecule has 0 spiro atoms. The number of nitrogens with one attached hydrogen (secondary N) is 1. The molecule has 0 atom stereocenters. The van der Waals surface area contributed by atoms with Crippen molar-refractivity contribution in [1.29, 1.82) is 0 Å². The largest absolute Gasteiger partial charge is 0.507 e. The third kappa shape index (κ3) is 5.02. The highest BCUT2D eigenvalue weighted by Crippen LogP contribution is 2.20. The second-order valence-electron chi connectivity index (χ2n) is 3.95. The highest BCUT2D eigenvalue weighted by molar-refractivity contribution is 5.39. The molecule has 0 unspecified atom stereocenters. The van der Waals surface area contributed by atoms with Crippen LogP contribution in [0.5, 0.6) is 5.75 Å². The number of phenols is 1. The Labute approximate surface area is 103 Å². The fourth-order valence-corrected chi connectivity index (χ4v) is 1.50. The smallest absolute Gasteiger partial charge is 0.122 e. The number of aromatic hydroxyl groups is 1. The van der Waals surface area contributed by atoms with E-state index >= 15 is 0 Å². The molecule has 0 amide bonds. The minimum absolute atomic E-state index is 0.382. The van der Waals surface area contributed by atoms with Gasteiger partial charge in [0.1, 0.15) is 5.75 Å². The number of para-hydroxylation sites is 1. The van der Waals surface area contributed by atoms with Gasteiger partial charge in [0.05, 0.1) is 13.2 Å². The summed E-state index contributed by atoms with van der Waals surface area (Å²) in [5.74, 6) is 0.382. The van der Waals surface area contributed by atoms with E-state index in [-0.39, 0.29) is 0 Å². The first-order chi connectivity index (χ1) is 8.25. The van der Waals surface area contributed by atoms with E-state index in [1.807, 2.05) is 31.2 Å². The van der Waals surface area contributed by atoms with Crippen molar-refractivity contribution in [3.05, 3.63) is 42.0 Å². The van der Waals surface area contributed by atoms with Crippen molar-refractivity contribution in [2.75, 3.05) is 19.8 Å². The topological polar surface area (TPSA) is 41.5 Å². The van der Waals surface area contributed by atoms with Gasteiger partial charge in [-0.3, -0.25) is 0 Å². The Morgan fingerprint density at radius 3 is 3.00 bits per heavy atom. The molecule has 0 aromatic heterocycles. The molecule has 17 heavy (non-hydrogen) atoms. The lowest BCUT2D eigenvalue weighted by molar-refractivity contribution is 0.140. The molecule has 1 aromatic carbocycles. The molecule has 0 bridgehead atoms. The Morgan fingerprint density at radius 1 is 1.41 bits per heavy atom. The van der Waals surface area contributed by atoms with Gasteiger partial charge in [-0.2, -0.15) is 0 Å². The highest BCUT2D eigenvalue weighted by atomic mass is 16.5. The highest BCUT2D eigenvalue weighted by Gasteiger charge is 2.02. The third-order valence-corrected chi connectivity index (χ3v) is 2.53. The zero-order valence-electron chi connectivity index (χ0n) is 10.4. The first-order valence-corrected chi connectivity index (χ1v) is 5.92. The summed E-state index contributed by atoms with van der Waals surface area (Å²) >= 11 is 0. The molecule has 1 rings (SSSR count). The predicted molar refractivity (Wildman–Crippen MR) is 70.2 cm³/mol. The SMILES string of the molecule is C=CCCOCCNCc1cccc(C)c1O. The zero-order chi connectivity index (χ0) is 12.5. The van der Waals surface area contributed by atoms with E-state index < -0.39 is 0 Å². The lowest BCUT2D eigenvalue weighted by Gasteiger charge is -2.08. The van der Waals surface area contributed by atoms with Gasteiger partial charge in [-0.1, -0.05) is 24.3 Å². The summed E-state index contributed by atoms with van der Waals surface area (Å²) in [5.41, 5.74) is 1.84. The summed E-state index contributed by atoms with van der Waals surface area (Å²) in [6.07, 6.45) is 2.73. The predicted octanol–water partition coefficient (Wildman–Crippen LogP) is 2.38. The third-order valence-electron chi connectivity index (χ3n) is 2.53. The molecule has 0 saturated heterocycles. The van der Waals surface area contributed by atoms with Gasteiger partial charge >= 0.3 is 0 Å². The molecular weight excluding hydrogens is 214 g/mol. The van der Waals surface area contributed by atoms with Gasteiger partial charge in [-0.25, -0.2) is 0 Å². The maximum Gasteiger partial charge on any atom is 0.122 e. The monoisotopic (exact) mass is 235 g/mol. The van der Waals surface area contributed by atoms with E-state index in [0.717, 1.165) is 30.7 Å². The fourth-order valence-electron chi connectivity index (χ4n) is 1.50. The second-order valence-corrected chi connectivity index (χ2v) is 3.95. The van der Waals surface area contributed by atoms with Crippen molar-refractivity contribution in [3.8, 4) is 5.75 Å². The molecule has 94 valence electrons. The van der Waals surface area contributed by atoms with Crippen molar-refractivity contribution in [2.24, 2.45) is 0 Å². The number of phenolic OH excluding ortho intramolecular Hbond substituents is 1. The Balaban J connectivity index is 2.18. The van der Waals surface area contributed by atoms with Crippen LogP contribution >= 0.6 is 0 Å². The summed E-state index contributed by atoms with van der Waals surface area (Å²) in [5, 5.41) is 13.0. The molecule has 0 aliphatic heterocycles. The number of hydrogen-bond donors (Lipinski definition) is 2. The minimum Gasteiger partial charge on any atom is -0.507 e. The molecule has 0 heterocycles. The Kier molecular flexibility index (Phi) is 6.37. The number of benzene rings is 1. The lowest BCUT2D eigenvalue weighted by Crippen LogP contribution is -2.19. The van der Waals surface area contributed by atoms with Crippen LogP contribution < -0.4 is 5.32 Å². The average Bonchev–Trinajstić information content (AvgIpc) is 2.33. The van der Waals surface area contributed by atoms with Gasteiger partial charge in [0, 0.05) is 18.7 Å². The number of rotatable bonds is 8. The maximum atomic E-state index is 9.79. The first-order valence-electron chi connectivity index (χ1n) is 5.92. The number of hydrogen-bond acceptors (Lipinski definition) is 3. The maximum absolute atomic E-state index is 9.79. The van der Waals surface area contributed by atoms with Crippen molar-refractivity contribution < 1.29 is 9.84 Å². The Bertz CT molecular complexity index is 350. The molecule has 3 heteroatoms. The van der Waals surface area contributed by atoms with Gasteiger partial charge in [0.2, 0.25) is 0 Å². The van der Waals surface area contributed by atoms with Crippen LogP contribution in [0, 0.1) is 6.92 Å². The summed E-state index contributed by atoms with van der Waals surface area (Å²) in [7, 11) is 0. The molecule has 0 aliphatic rings. The van der Waals surface area contributed by atoms with Gasteiger partial charge in [-0.05, 0) is 18.9 Å². The van der Waals surface area contributed by atoms with E-state index in [4.69, 9.17) is 4.74 Å². The Hall–Kier alpha value is -1.32. The summed E-state index contributed by atoms with van der Waals surface area (Å²) < 4.78 is 5.37. The van der Waals surface area contributed by atoms with Crippen LogP contribution in [0.1, 0.15) is 17.5 Å². The molecule has 3 nitrogen and oxygen atoms in total. The molecule has 0 radical (unpaired) electrons. The van der Waals surface area contributed by atoms with Crippen LogP contribution in [0.15, 0.2) is 30.9 Å². The van der Waals surface area contributed by atoms with Crippen LogP contribution in [0.3, 0.4) is 0 Å². The van der Waals surface area contributed by atoms with Gasteiger partial charge in [0.25, 0.3) is 0 Å². The average molecular weight is 235 g/mol. The van der Waals surface area contributed by atoms with Crippen LogP contribution in [-0.4, -0.2) is 24.9 Å². The van der Waals surface area contributed by atoms with E-state index in [1.54, 1.807) is 0 Å². The van der Waals surface area contributed by atoms with Gasteiger partial charge in [-0.15, -0.1) is 6.58 Å². The lowest BCUT2D eigenvalue weighted by atomic mass is 10.1. The molecule has 0 saturated carbocycles. The number of aryl methyl sites for hydroxylation is 1. The van der Waals surface area contributed by atoms with Gasteiger partial charge in [0.15, 0.2) is 0 Å². The molecule has 0 fully saturated rings. The van der Waals surface area contributed by atoms with Gasteiger partial charge < -0.3 is 15.2 Å². The molecule has 0 aliphatic carbocycles. The van der Waals surface area contributed by atoms with E-state index in [0.29, 0.717) is 18.9 Å². The van der Waals surface area contributed by atoms with Crippen LogP contribution in [0.4, 0.5) is 0 Å². The van der Waals surface area contributed by atoms with E-state index in [1.165, 1.54) is 0 Å². The molecule has 2 N–H and O–H groups in total. The zero-order valence-corrected chi connectivity index (χ0v) is 10.4. The quantitative estimate of drug-likeness (QED) is 0.537. The first kappa shape index (κ1) is 13.7. The van der Waals surface area contributed by atoms with Crippen LogP contribution in [-0.2, 0) is 11.3 Å². The van der Waals surface area contributed by atoms with Crippen molar-refractivity contribution in [1.82, 2.24) is 5.32 Å². The minimum atomic E-state index is 0.382. The number of ether oxygens (including phenoxy) is 1. The molecule has 1 aromatic rings. The summed E-state index contributed by atoms with van der Waals surface area (Å²) in [6.45, 7) is 8.38. The van der Waals surface area contributed by atoms with Crippen molar-refractivity contribution >= 4 is 0 Å². The summed E-state index contributed by atoms with van der Waals surface area (Å²) in [4.78, 5) is 0. The van der Waals surface area contributed by atoms with Crippen molar-refractivity contribution in [3.63, 3.8) is 0 Å². The fraction of sp³-hybridized carbons (Fsp3) is 0.429. The normalized spacial score (nSPS) is 10.4. The van der Waals surface area contributed by atoms with E-state index in [2.05, 4.69) is 11.9 Å². The standard InChI is InChI=1S/C14H21NO2/c1-3-4-9-17-10-8-15-11-13-7-5-6-12(2)14(13)16/h3,5-7,15-16H,1,4,8-11H2,2H3. The van der Waals surface area contributed by atoms with Crippen LogP contribution in [0.25, 0.3) is 0 Å². The van der Waals surface area contributed by atoms with Crippen molar-refractivity contribution in [2.45, 2.75) is 19.9 Å². The van der Waals surface area contributed by atoms with E-state index in [9.17, 15) is 5.11 Å². The van der Waals surface area contributed by atoms with Crippen LogP contribution in [0.2, 0.25) is 0 Å². The second kappa shape index (κ2) is 7.87. The Morgan fingerprint density at radius 2 is 2.24 bits per heavy atom. The molecular formula is C14H21NO2.